The molecule has 172 valence electrons. The van der Waals surface area contributed by atoms with Gasteiger partial charge in [-0.1, -0.05) is 35.9 Å². The van der Waals surface area contributed by atoms with Gasteiger partial charge in [0, 0.05) is 47.9 Å². The molecule has 1 N–H and O–H groups in total. The number of amides is 1. The van der Waals surface area contributed by atoms with Crippen molar-refractivity contribution >= 4 is 28.5 Å². The number of ether oxygens (including phenoxy) is 1. The molecule has 0 fully saturated rings. The number of aryl methyl sites for hydroxylation is 2. The first kappa shape index (κ1) is 22.9. The SMILES string of the molecule is Cc1ccc(NC(=O)C(C)OC(=O)c2c3c(nc4ccccc24)CCN(C(C)C)C3)c(C)c1. The summed E-state index contributed by atoms with van der Waals surface area (Å²) in [6, 6.07) is 13.8. The van der Waals surface area contributed by atoms with Crippen molar-refractivity contribution in [3.63, 3.8) is 0 Å². The predicted octanol–water partition coefficient (Wildman–Crippen LogP) is 4.80. The molecule has 1 aromatic heterocycles. The second kappa shape index (κ2) is 9.32. The van der Waals surface area contributed by atoms with Gasteiger partial charge in [0.15, 0.2) is 6.10 Å². The zero-order chi connectivity index (χ0) is 23.7. The van der Waals surface area contributed by atoms with Gasteiger partial charge >= 0.3 is 5.97 Å². The molecule has 33 heavy (non-hydrogen) atoms. The summed E-state index contributed by atoms with van der Waals surface area (Å²) in [6.07, 6.45) is -0.160. The van der Waals surface area contributed by atoms with E-state index in [9.17, 15) is 9.59 Å². The van der Waals surface area contributed by atoms with Gasteiger partial charge in [-0.05, 0) is 52.3 Å². The minimum absolute atomic E-state index is 0.355. The first-order chi connectivity index (χ1) is 15.7. The fourth-order valence-corrected chi connectivity index (χ4v) is 4.35. The molecule has 6 nitrogen and oxygen atoms in total. The van der Waals surface area contributed by atoms with E-state index in [1.54, 1.807) is 6.92 Å². The number of hydrogen-bond donors (Lipinski definition) is 1. The lowest BCUT2D eigenvalue weighted by Gasteiger charge is -2.32. The van der Waals surface area contributed by atoms with Crippen molar-refractivity contribution in [3.8, 4) is 0 Å². The highest BCUT2D eigenvalue weighted by Crippen LogP contribution is 2.30. The third kappa shape index (κ3) is 4.76. The summed E-state index contributed by atoms with van der Waals surface area (Å²) >= 11 is 0. The first-order valence-corrected chi connectivity index (χ1v) is 11.5. The van der Waals surface area contributed by atoms with Crippen LogP contribution in [-0.4, -0.2) is 40.5 Å². The Labute approximate surface area is 195 Å². The topological polar surface area (TPSA) is 71.5 Å². The molecule has 1 aliphatic heterocycles. The molecule has 0 radical (unpaired) electrons. The van der Waals surface area contributed by atoms with Gasteiger partial charge in [0.1, 0.15) is 0 Å². The average molecular weight is 446 g/mol. The Morgan fingerprint density at radius 2 is 1.85 bits per heavy atom. The molecule has 0 spiro atoms. The van der Waals surface area contributed by atoms with Crippen LogP contribution in [-0.2, 0) is 22.5 Å². The molecule has 0 aliphatic carbocycles. The third-order valence-corrected chi connectivity index (χ3v) is 6.30. The molecule has 6 heteroatoms. The van der Waals surface area contributed by atoms with E-state index in [-0.39, 0.29) is 5.91 Å². The molecule has 1 atom stereocenters. The molecule has 2 aromatic carbocycles. The van der Waals surface area contributed by atoms with Crippen molar-refractivity contribution in [1.82, 2.24) is 9.88 Å². The number of anilines is 1. The van der Waals surface area contributed by atoms with Crippen LogP contribution in [0.1, 0.15) is 53.5 Å². The number of carbonyl (C=O) groups is 2. The number of benzene rings is 2. The fourth-order valence-electron chi connectivity index (χ4n) is 4.35. The quantitative estimate of drug-likeness (QED) is 0.571. The van der Waals surface area contributed by atoms with Gasteiger partial charge in [0.05, 0.1) is 11.1 Å². The van der Waals surface area contributed by atoms with Gasteiger partial charge in [0.2, 0.25) is 0 Å². The number of para-hydroxylation sites is 1. The summed E-state index contributed by atoms with van der Waals surface area (Å²) in [7, 11) is 0. The summed E-state index contributed by atoms with van der Waals surface area (Å²) in [5.74, 6) is -0.843. The van der Waals surface area contributed by atoms with Gasteiger partial charge in [-0.3, -0.25) is 14.7 Å². The monoisotopic (exact) mass is 445 g/mol. The lowest BCUT2D eigenvalue weighted by atomic mass is 9.95. The molecule has 1 unspecified atom stereocenters. The highest BCUT2D eigenvalue weighted by Gasteiger charge is 2.29. The summed E-state index contributed by atoms with van der Waals surface area (Å²) in [6.45, 7) is 11.4. The minimum atomic E-state index is -0.939. The Hall–Kier alpha value is -3.25. The van der Waals surface area contributed by atoms with Crippen LogP contribution in [0.25, 0.3) is 10.9 Å². The number of pyridine rings is 1. The van der Waals surface area contributed by atoms with Gasteiger partial charge in [-0.25, -0.2) is 4.79 Å². The Bertz CT molecular complexity index is 1220. The predicted molar refractivity (Wildman–Crippen MR) is 130 cm³/mol. The van der Waals surface area contributed by atoms with Crippen LogP contribution in [0.2, 0.25) is 0 Å². The van der Waals surface area contributed by atoms with Crippen molar-refractivity contribution in [1.29, 1.82) is 0 Å². The van der Waals surface area contributed by atoms with Gasteiger partial charge in [-0.15, -0.1) is 0 Å². The summed E-state index contributed by atoms with van der Waals surface area (Å²) < 4.78 is 5.71. The maximum atomic E-state index is 13.4. The van der Waals surface area contributed by atoms with E-state index in [0.717, 1.165) is 46.3 Å². The average Bonchev–Trinajstić information content (AvgIpc) is 2.78. The molecule has 0 saturated heterocycles. The number of fused-ring (bicyclic) bond motifs is 2. The normalized spacial score (nSPS) is 14.7. The number of nitrogens with zero attached hydrogens (tertiary/aromatic N) is 2. The first-order valence-electron chi connectivity index (χ1n) is 11.5. The highest BCUT2D eigenvalue weighted by atomic mass is 16.5. The van der Waals surface area contributed by atoms with Crippen LogP contribution in [0.3, 0.4) is 0 Å². The zero-order valence-electron chi connectivity index (χ0n) is 19.9. The molecular formula is C27H31N3O3. The number of nitrogens with one attached hydrogen (secondary N) is 1. The Morgan fingerprint density at radius 3 is 2.58 bits per heavy atom. The van der Waals surface area contributed by atoms with Crippen LogP contribution in [0, 0.1) is 13.8 Å². The molecule has 3 aromatic rings. The Kier molecular flexibility index (Phi) is 6.47. The Morgan fingerprint density at radius 1 is 1.09 bits per heavy atom. The van der Waals surface area contributed by atoms with E-state index in [4.69, 9.17) is 9.72 Å². The second-order valence-electron chi connectivity index (χ2n) is 9.10. The summed E-state index contributed by atoms with van der Waals surface area (Å²) in [5, 5.41) is 3.64. The van der Waals surface area contributed by atoms with Gasteiger partial charge in [0.25, 0.3) is 5.91 Å². The van der Waals surface area contributed by atoms with Crippen molar-refractivity contribution in [3.05, 3.63) is 70.4 Å². The van der Waals surface area contributed by atoms with Crippen molar-refractivity contribution in [2.24, 2.45) is 0 Å². The standard InChI is InChI=1S/C27H31N3O3/c1-16(2)30-13-12-24-21(15-30)25(20-8-6-7-9-23(20)28-24)27(32)33-19(5)26(31)29-22-11-10-17(3)14-18(22)4/h6-11,14,16,19H,12-13,15H2,1-5H3,(H,29,31). The summed E-state index contributed by atoms with van der Waals surface area (Å²) in [4.78, 5) is 33.4. The third-order valence-electron chi connectivity index (χ3n) is 6.30. The number of hydrogen-bond acceptors (Lipinski definition) is 5. The van der Waals surface area contributed by atoms with Crippen molar-refractivity contribution in [2.75, 3.05) is 11.9 Å². The maximum Gasteiger partial charge on any atom is 0.339 e. The van der Waals surface area contributed by atoms with Crippen LogP contribution >= 0.6 is 0 Å². The molecule has 1 amide bonds. The molecule has 4 rings (SSSR count). The van der Waals surface area contributed by atoms with Crippen molar-refractivity contribution < 1.29 is 14.3 Å². The van der Waals surface area contributed by atoms with E-state index in [1.807, 2.05) is 56.3 Å². The number of esters is 1. The van der Waals surface area contributed by atoms with Crippen LogP contribution in [0.15, 0.2) is 42.5 Å². The van der Waals surface area contributed by atoms with Gasteiger partial charge < -0.3 is 10.1 Å². The lowest BCUT2D eigenvalue weighted by molar-refractivity contribution is -0.123. The second-order valence-corrected chi connectivity index (χ2v) is 9.10. The smallest absolute Gasteiger partial charge is 0.339 e. The number of rotatable bonds is 5. The molecule has 0 saturated carbocycles. The maximum absolute atomic E-state index is 13.4. The van der Waals surface area contributed by atoms with E-state index in [0.29, 0.717) is 23.8 Å². The van der Waals surface area contributed by atoms with E-state index < -0.39 is 12.1 Å². The van der Waals surface area contributed by atoms with E-state index in [1.165, 1.54) is 0 Å². The minimum Gasteiger partial charge on any atom is -0.449 e. The van der Waals surface area contributed by atoms with Gasteiger partial charge in [-0.2, -0.15) is 0 Å². The lowest BCUT2D eigenvalue weighted by Crippen LogP contribution is -2.37. The summed E-state index contributed by atoms with van der Waals surface area (Å²) in [5.41, 5.74) is 5.93. The Balaban J connectivity index is 1.62. The number of carbonyl (C=O) groups excluding carboxylic acids is 2. The molecule has 2 heterocycles. The fraction of sp³-hybridized carbons (Fsp3) is 0.370. The van der Waals surface area contributed by atoms with E-state index >= 15 is 0 Å². The van der Waals surface area contributed by atoms with Crippen LogP contribution in [0.4, 0.5) is 5.69 Å². The molecule has 0 bridgehead atoms. The zero-order valence-corrected chi connectivity index (χ0v) is 19.9. The molecular weight excluding hydrogens is 414 g/mol. The highest BCUT2D eigenvalue weighted by molar-refractivity contribution is 6.06. The van der Waals surface area contributed by atoms with Crippen LogP contribution in [0.5, 0.6) is 0 Å². The number of aromatic nitrogens is 1. The molecule has 1 aliphatic rings. The van der Waals surface area contributed by atoms with Crippen LogP contribution < -0.4 is 5.32 Å². The largest absolute Gasteiger partial charge is 0.449 e. The van der Waals surface area contributed by atoms with Crippen molar-refractivity contribution in [2.45, 2.75) is 59.7 Å². The van der Waals surface area contributed by atoms with E-state index in [2.05, 4.69) is 24.1 Å².